The Bertz CT molecular complexity index is 845. The number of nitrogens with one attached hydrogen (secondary N) is 2. The monoisotopic (exact) mass is 339 g/mol. The zero-order valence-corrected chi connectivity index (χ0v) is 13.9. The Hall–Kier alpha value is -2.59. The van der Waals surface area contributed by atoms with E-state index in [2.05, 4.69) is 15.6 Å². The Labute approximate surface area is 145 Å². The van der Waals surface area contributed by atoms with Gasteiger partial charge in [0.15, 0.2) is 0 Å². The molecular weight excluding hydrogens is 322 g/mol. The van der Waals surface area contributed by atoms with Crippen LogP contribution in [0.2, 0.25) is 5.02 Å². The van der Waals surface area contributed by atoms with Crippen LogP contribution in [0.15, 0.2) is 60.8 Å². The molecule has 1 amide bonds. The lowest BCUT2D eigenvalue weighted by atomic mass is 10.2. The molecule has 2 N–H and O–H groups in total. The van der Waals surface area contributed by atoms with Crippen LogP contribution in [0.1, 0.15) is 12.0 Å². The topological polar surface area (TPSA) is 54.0 Å². The van der Waals surface area contributed by atoms with Gasteiger partial charge in [0.25, 0.3) is 0 Å². The van der Waals surface area contributed by atoms with Crippen LogP contribution >= 0.6 is 11.6 Å². The highest BCUT2D eigenvalue weighted by Gasteiger charge is 2.05. The van der Waals surface area contributed by atoms with Gasteiger partial charge in [0, 0.05) is 36.1 Å². The van der Waals surface area contributed by atoms with Gasteiger partial charge in [-0.05, 0) is 23.8 Å². The first kappa shape index (κ1) is 16.3. The summed E-state index contributed by atoms with van der Waals surface area (Å²) in [6.07, 6.45) is 2.15. The van der Waals surface area contributed by atoms with Crippen LogP contribution in [0.4, 0.5) is 5.69 Å². The van der Waals surface area contributed by atoms with Crippen molar-refractivity contribution in [1.29, 1.82) is 0 Å². The highest BCUT2D eigenvalue weighted by Crippen LogP contribution is 2.20. The maximum absolute atomic E-state index is 12.0. The van der Waals surface area contributed by atoms with Crippen molar-refractivity contribution in [3.8, 4) is 0 Å². The number of para-hydroxylation sites is 1. The molecule has 0 aliphatic rings. The number of benzene rings is 2. The van der Waals surface area contributed by atoms with E-state index in [0.29, 0.717) is 24.5 Å². The van der Waals surface area contributed by atoms with Gasteiger partial charge in [-0.3, -0.25) is 9.78 Å². The lowest BCUT2D eigenvalue weighted by Crippen LogP contribution is -2.25. The number of hydrogen-bond donors (Lipinski definition) is 2. The third kappa shape index (κ3) is 4.03. The fourth-order valence-corrected chi connectivity index (χ4v) is 2.68. The SMILES string of the molecule is O=C(CCNc1cccc2cccnc12)NCc1ccccc1Cl. The van der Waals surface area contributed by atoms with Gasteiger partial charge in [-0.25, -0.2) is 0 Å². The number of fused-ring (bicyclic) bond motifs is 1. The number of amides is 1. The van der Waals surface area contributed by atoms with Gasteiger partial charge in [-0.1, -0.05) is 48.0 Å². The molecule has 24 heavy (non-hydrogen) atoms. The van der Waals surface area contributed by atoms with Crippen LogP contribution in [0.25, 0.3) is 10.9 Å². The lowest BCUT2D eigenvalue weighted by molar-refractivity contribution is -0.121. The van der Waals surface area contributed by atoms with Crippen LogP contribution in [0.3, 0.4) is 0 Å². The molecular formula is C19H18ClN3O. The summed E-state index contributed by atoms with van der Waals surface area (Å²) in [5.74, 6) is -0.0179. The van der Waals surface area contributed by atoms with Crippen molar-refractivity contribution in [1.82, 2.24) is 10.3 Å². The van der Waals surface area contributed by atoms with Crippen LogP contribution < -0.4 is 10.6 Å². The summed E-state index contributed by atoms with van der Waals surface area (Å²) in [5, 5.41) is 7.90. The van der Waals surface area contributed by atoms with E-state index in [-0.39, 0.29) is 5.91 Å². The van der Waals surface area contributed by atoms with Gasteiger partial charge >= 0.3 is 0 Å². The van der Waals surface area contributed by atoms with E-state index in [0.717, 1.165) is 22.2 Å². The van der Waals surface area contributed by atoms with Crippen molar-refractivity contribution in [2.45, 2.75) is 13.0 Å². The number of carbonyl (C=O) groups is 1. The van der Waals surface area contributed by atoms with Gasteiger partial charge in [0.05, 0.1) is 11.2 Å². The van der Waals surface area contributed by atoms with Crippen molar-refractivity contribution in [3.63, 3.8) is 0 Å². The molecule has 0 atom stereocenters. The molecule has 0 saturated heterocycles. The van der Waals surface area contributed by atoms with E-state index in [1.54, 1.807) is 6.20 Å². The molecule has 0 saturated carbocycles. The molecule has 0 aliphatic carbocycles. The Morgan fingerprint density at radius 1 is 1.04 bits per heavy atom. The normalized spacial score (nSPS) is 10.5. The lowest BCUT2D eigenvalue weighted by Gasteiger charge is -2.10. The number of rotatable bonds is 6. The van der Waals surface area contributed by atoms with E-state index in [9.17, 15) is 4.79 Å². The predicted molar refractivity (Wildman–Crippen MR) is 98.1 cm³/mol. The van der Waals surface area contributed by atoms with Gasteiger partial charge in [0.2, 0.25) is 5.91 Å². The number of halogens is 1. The van der Waals surface area contributed by atoms with E-state index in [1.807, 2.05) is 54.6 Å². The quantitative estimate of drug-likeness (QED) is 0.713. The molecule has 0 fully saturated rings. The van der Waals surface area contributed by atoms with Gasteiger partial charge in [0.1, 0.15) is 0 Å². The summed E-state index contributed by atoms with van der Waals surface area (Å²) in [6.45, 7) is 0.984. The minimum absolute atomic E-state index is 0.0179. The van der Waals surface area contributed by atoms with Crippen molar-refractivity contribution in [3.05, 3.63) is 71.4 Å². The highest BCUT2D eigenvalue weighted by molar-refractivity contribution is 6.31. The van der Waals surface area contributed by atoms with E-state index in [1.165, 1.54) is 0 Å². The van der Waals surface area contributed by atoms with Crippen molar-refractivity contribution < 1.29 is 4.79 Å². The predicted octanol–water partition coefficient (Wildman–Crippen LogP) is 4.01. The third-order valence-corrected chi connectivity index (χ3v) is 4.10. The van der Waals surface area contributed by atoms with Gasteiger partial charge in [-0.15, -0.1) is 0 Å². The standard InChI is InChI=1S/C19H18ClN3O/c20-16-8-2-1-5-15(16)13-23-18(24)10-12-21-17-9-3-6-14-7-4-11-22-19(14)17/h1-9,11,21H,10,12-13H2,(H,23,24). The molecule has 122 valence electrons. The molecule has 4 nitrogen and oxygen atoms in total. The van der Waals surface area contributed by atoms with Gasteiger partial charge < -0.3 is 10.6 Å². The van der Waals surface area contributed by atoms with Crippen molar-refractivity contribution in [2.24, 2.45) is 0 Å². The molecule has 0 spiro atoms. The van der Waals surface area contributed by atoms with Crippen molar-refractivity contribution >= 4 is 34.1 Å². The molecule has 2 aromatic carbocycles. The second-order valence-corrected chi connectivity index (χ2v) is 5.83. The minimum Gasteiger partial charge on any atom is -0.383 e. The smallest absolute Gasteiger partial charge is 0.222 e. The summed E-state index contributed by atoms with van der Waals surface area (Å²) in [5.41, 5.74) is 2.77. The molecule has 5 heteroatoms. The number of anilines is 1. The number of aromatic nitrogens is 1. The summed E-state index contributed by atoms with van der Waals surface area (Å²) in [7, 11) is 0. The zero-order valence-electron chi connectivity index (χ0n) is 13.1. The third-order valence-electron chi connectivity index (χ3n) is 3.73. The average Bonchev–Trinajstić information content (AvgIpc) is 2.61. The zero-order chi connectivity index (χ0) is 16.8. The Morgan fingerprint density at radius 3 is 2.75 bits per heavy atom. The maximum Gasteiger partial charge on any atom is 0.222 e. The molecule has 0 aliphatic heterocycles. The molecule has 1 heterocycles. The molecule has 0 bridgehead atoms. The minimum atomic E-state index is -0.0179. The number of hydrogen-bond acceptors (Lipinski definition) is 3. The first-order valence-corrected chi connectivity index (χ1v) is 8.19. The Balaban J connectivity index is 1.51. The first-order valence-electron chi connectivity index (χ1n) is 7.82. The number of nitrogens with zero attached hydrogens (tertiary/aromatic N) is 1. The summed E-state index contributed by atoms with van der Waals surface area (Å²) < 4.78 is 0. The fraction of sp³-hybridized carbons (Fsp3) is 0.158. The highest BCUT2D eigenvalue weighted by atomic mass is 35.5. The Morgan fingerprint density at radius 2 is 1.88 bits per heavy atom. The molecule has 3 rings (SSSR count). The van der Waals surface area contributed by atoms with Gasteiger partial charge in [-0.2, -0.15) is 0 Å². The van der Waals surface area contributed by atoms with Crippen LogP contribution in [0.5, 0.6) is 0 Å². The largest absolute Gasteiger partial charge is 0.383 e. The summed E-state index contributed by atoms with van der Waals surface area (Å²) in [6, 6.07) is 17.4. The van der Waals surface area contributed by atoms with E-state index < -0.39 is 0 Å². The second kappa shape index (κ2) is 7.79. The molecule has 0 unspecified atom stereocenters. The van der Waals surface area contributed by atoms with Crippen molar-refractivity contribution in [2.75, 3.05) is 11.9 Å². The maximum atomic E-state index is 12.0. The van der Waals surface area contributed by atoms with Crippen LogP contribution in [-0.4, -0.2) is 17.4 Å². The van der Waals surface area contributed by atoms with Crippen LogP contribution in [-0.2, 0) is 11.3 Å². The van der Waals surface area contributed by atoms with E-state index in [4.69, 9.17) is 11.6 Å². The molecule has 0 radical (unpaired) electrons. The molecule has 1 aromatic heterocycles. The summed E-state index contributed by atoms with van der Waals surface area (Å²) >= 11 is 6.08. The van der Waals surface area contributed by atoms with Crippen LogP contribution in [0, 0.1) is 0 Å². The Kier molecular flexibility index (Phi) is 5.29. The summed E-state index contributed by atoms with van der Waals surface area (Å²) in [4.78, 5) is 16.4. The second-order valence-electron chi connectivity index (χ2n) is 5.43. The fourth-order valence-electron chi connectivity index (χ4n) is 2.48. The first-order chi connectivity index (χ1) is 11.7. The number of pyridine rings is 1. The molecule has 3 aromatic rings. The average molecular weight is 340 g/mol. The van der Waals surface area contributed by atoms with E-state index >= 15 is 0 Å². The number of carbonyl (C=O) groups excluding carboxylic acids is 1.